The Morgan fingerprint density at radius 1 is 1.17 bits per heavy atom. The molecule has 0 spiro atoms. The normalized spacial score (nSPS) is 16.9. The van der Waals surface area contributed by atoms with Crippen LogP contribution < -0.4 is 9.47 Å². The van der Waals surface area contributed by atoms with E-state index in [-0.39, 0.29) is 6.61 Å². The van der Waals surface area contributed by atoms with Crippen molar-refractivity contribution in [2.45, 2.75) is 58.2 Å². The van der Waals surface area contributed by atoms with Crippen molar-refractivity contribution in [2.75, 3.05) is 54.1 Å². The Morgan fingerprint density at radius 2 is 1.90 bits per heavy atom. The van der Waals surface area contributed by atoms with Crippen molar-refractivity contribution in [1.29, 1.82) is 0 Å². The molecule has 30 heavy (non-hydrogen) atoms. The summed E-state index contributed by atoms with van der Waals surface area (Å²) in [5.74, 6) is 2.24. The van der Waals surface area contributed by atoms with Crippen molar-refractivity contribution in [1.82, 2.24) is 9.80 Å². The molecule has 0 unspecified atom stereocenters. The SMILES string of the molecule is COCCCC1CCN(Cc2ccc(OC)c(OC[C@H](O)CN(C)C(C)C)c2)CC1. The first-order chi connectivity index (χ1) is 14.4. The summed E-state index contributed by atoms with van der Waals surface area (Å²) in [5, 5.41) is 10.3. The standard InChI is InChI=1S/C24H42N2O4/c1-19(2)25(3)17-22(27)18-30-24-15-21(8-9-23(24)29-5)16-26-12-10-20(11-13-26)7-6-14-28-4/h8-9,15,19-20,22,27H,6-7,10-14,16-18H2,1-5H3/t22-/m1/s1. The molecule has 0 aliphatic carbocycles. The summed E-state index contributed by atoms with van der Waals surface area (Å²) in [7, 11) is 5.44. The second-order valence-corrected chi connectivity index (χ2v) is 8.84. The third kappa shape index (κ3) is 8.42. The molecule has 2 rings (SSSR count). The van der Waals surface area contributed by atoms with Crippen molar-refractivity contribution >= 4 is 0 Å². The molecule has 6 heteroatoms. The Labute approximate surface area is 183 Å². The molecule has 1 heterocycles. The van der Waals surface area contributed by atoms with Crippen molar-refractivity contribution in [2.24, 2.45) is 5.92 Å². The largest absolute Gasteiger partial charge is 0.493 e. The van der Waals surface area contributed by atoms with E-state index < -0.39 is 6.10 Å². The third-order valence-electron chi connectivity index (χ3n) is 6.11. The molecule has 1 atom stereocenters. The van der Waals surface area contributed by atoms with E-state index in [0.717, 1.165) is 32.2 Å². The number of piperidine rings is 1. The zero-order valence-electron chi connectivity index (χ0n) is 19.6. The molecule has 1 fully saturated rings. The highest BCUT2D eigenvalue weighted by Gasteiger charge is 2.20. The fourth-order valence-corrected chi connectivity index (χ4v) is 3.92. The number of hydrogen-bond acceptors (Lipinski definition) is 6. The van der Waals surface area contributed by atoms with E-state index in [0.29, 0.717) is 24.1 Å². The van der Waals surface area contributed by atoms with Gasteiger partial charge in [-0.15, -0.1) is 0 Å². The van der Waals surface area contributed by atoms with Gasteiger partial charge >= 0.3 is 0 Å². The van der Waals surface area contributed by atoms with Gasteiger partial charge in [0.05, 0.1) is 7.11 Å². The third-order valence-corrected chi connectivity index (χ3v) is 6.11. The number of rotatable bonds is 13. The quantitative estimate of drug-likeness (QED) is 0.492. The van der Waals surface area contributed by atoms with E-state index >= 15 is 0 Å². The second kappa shape index (κ2) is 13.2. The smallest absolute Gasteiger partial charge is 0.161 e. The average molecular weight is 423 g/mol. The number of likely N-dealkylation sites (tertiary alicyclic amines) is 1. The summed E-state index contributed by atoms with van der Waals surface area (Å²) in [6, 6.07) is 6.53. The maximum Gasteiger partial charge on any atom is 0.161 e. The van der Waals surface area contributed by atoms with Gasteiger partial charge in [-0.25, -0.2) is 0 Å². The number of nitrogens with zero attached hydrogens (tertiary/aromatic N) is 2. The van der Waals surface area contributed by atoms with Crippen molar-refractivity contribution < 1.29 is 19.3 Å². The summed E-state index contributed by atoms with van der Waals surface area (Å²) in [5.41, 5.74) is 1.22. The van der Waals surface area contributed by atoms with Crippen molar-refractivity contribution in [3.05, 3.63) is 23.8 Å². The van der Waals surface area contributed by atoms with Crippen LogP contribution in [-0.4, -0.2) is 81.2 Å². The lowest BCUT2D eigenvalue weighted by molar-refractivity contribution is 0.0667. The van der Waals surface area contributed by atoms with Crippen LogP contribution in [0, 0.1) is 5.92 Å². The molecule has 0 amide bonds. The summed E-state index contributed by atoms with van der Waals surface area (Å²) in [4.78, 5) is 4.63. The number of hydrogen-bond donors (Lipinski definition) is 1. The molecule has 1 aromatic carbocycles. The summed E-state index contributed by atoms with van der Waals surface area (Å²) >= 11 is 0. The number of aliphatic hydroxyl groups is 1. The van der Waals surface area contributed by atoms with Crippen LogP contribution in [0.1, 0.15) is 45.1 Å². The van der Waals surface area contributed by atoms with E-state index in [4.69, 9.17) is 14.2 Å². The first-order valence-electron chi connectivity index (χ1n) is 11.3. The first-order valence-corrected chi connectivity index (χ1v) is 11.3. The number of benzene rings is 1. The minimum Gasteiger partial charge on any atom is -0.493 e. The lowest BCUT2D eigenvalue weighted by Gasteiger charge is -2.32. The zero-order valence-corrected chi connectivity index (χ0v) is 19.6. The van der Waals surface area contributed by atoms with Gasteiger partial charge in [0.25, 0.3) is 0 Å². The summed E-state index contributed by atoms with van der Waals surface area (Å²) in [6.07, 6.45) is 4.43. The fraction of sp³-hybridized carbons (Fsp3) is 0.750. The molecule has 0 aromatic heterocycles. The Hall–Kier alpha value is -1.34. The maximum atomic E-state index is 10.3. The maximum absolute atomic E-state index is 10.3. The van der Waals surface area contributed by atoms with Crippen molar-refractivity contribution in [3.8, 4) is 11.5 Å². The van der Waals surface area contributed by atoms with Crippen LogP contribution in [0.3, 0.4) is 0 Å². The van der Waals surface area contributed by atoms with Gasteiger partial charge in [0, 0.05) is 32.8 Å². The van der Waals surface area contributed by atoms with E-state index in [1.54, 1.807) is 14.2 Å². The van der Waals surface area contributed by atoms with Gasteiger partial charge in [-0.05, 0) is 83.3 Å². The van der Waals surface area contributed by atoms with Gasteiger partial charge in [0.2, 0.25) is 0 Å². The van der Waals surface area contributed by atoms with Gasteiger partial charge in [-0.2, -0.15) is 0 Å². The van der Waals surface area contributed by atoms with Gasteiger partial charge in [0.15, 0.2) is 11.5 Å². The molecule has 6 nitrogen and oxygen atoms in total. The number of aliphatic hydroxyl groups excluding tert-OH is 1. The summed E-state index contributed by atoms with van der Waals surface area (Å²) in [6.45, 7) is 9.13. The highest BCUT2D eigenvalue weighted by atomic mass is 16.5. The van der Waals surface area contributed by atoms with Crippen LogP contribution in [0.5, 0.6) is 11.5 Å². The van der Waals surface area contributed by atoms with Gasteiger partial charge in [-0.3, -0.25) is 4.90 Å². The number of likely N-dealkylation sites (N-methyl/N-ethyl adjacent to an activating group) is 1. The molecule has 0 radical (unpaired) electrons. The molecule has 1 saturated heterocycles. The topological polar surface area (TPSA) is 54.4 Å². The Balaban J connectivity index is 1.85. The monoisotopic (exact) mass is 422 g/mol. The Bertz CT molecular complexity index is 603. The molecule has 0 saturated carbocycles. The van der Waals surface area contributed by atoms with Gasteiger partial charge in [0.1, 0.15) is 12.7 Å². The number of methoxy groups -OCH3 is 2. The van der Waals surface area contributed by atoms with Crippen LogP contribution in [0.25, 0.3) is 0 Å². The minimum absolute atomic E-state index is 0.254. The predicted molar refractivity (Wildman–Crippen MR) is 121 cm³/mol. The molecule has 1 aliphatic heterocycles. The molecular weight excluding hydrogens is 380 g/mol. The minimum atomic E-state index is -0.539. The van der Waals surface area contributed by atoms with E-state index in [1.807, 2.05) is 13.1 Å². The van der Waals surface area contributed by atoms with E-state index in [1.165, 1.54) is 31.2 Å². The molecule has 0 bridgehead atoms. The predicted octanol–water partition coefficient (Wildman–Crippen LogP) is 3.41. The molecule has 1 aromatic rings. The van der Waals surface area contributed by atoms with E-state index in [9.17, 15) is 5.11 Å². The lowest BCUT2D eigenvalue weighted by atomic mass is 9.92. The molecule has 1 aliphatic rings. The Kier molecular flexibility index (Phi) is 10.9. The zero-order chi connectivity index (χ0) is 21.9. The highest BCUT2D eigenvalue weighted by Crippen LogP contribution is 2.30. The van der Waals surface area contributed by atoms with Crippen LogP contribution in [0.4, 0.5) is 0 Å². The van der Waals surface area contributed by atoms with E-state index in [2.05, 4.69) is 35.8 Å². The van der Waals surface area contributed by atoms with Crippen molar-refractivity contribution in [3.63, 3.8) is 0 Å². The summed E-state index contributed by atoms with van der Waals surface area (Å²) < 4.78 is 16.6. The van der Waals surface area contributed by atoms with Gasteiger partial charge < -0.3 is 24.2 Å². The average Bonchev–Trinajstić information content (AvgIpc) is 2.73. The molecular formula is C24H42N2O4. The fourth-order valence-electron chi connectivity index (χ4n) is 3.92. The van der Waals surface area contributed by atoms with Crippen LogP contribution >= 0.6 is 0 Å². The highest BCUT2D eigenvalue weighted by molar-refractivity contribution is 5.43. The van der Waals surface area contributed by atoms with Crippen LogP contribution in [0.2, 0.25) is 0 Å². The van der Waals surface area contributed by atoms with Crippen LogP contribution in [-0.2, 0) is 11.3 Å². The van der Waals surface area contributed by atoms with Crippen LogP contribution in [0.15, 0.2) is 18.2 Å². The first kappa shape index (κ1) is 24.9. The lowest BCUT2D eigenvalue weighted by Crippen LogP contribution is -2.37. The number of ether oxygens (including phenoxy) is 3. The van der Waals surface area contributed by atoms with Gasteiger partial charge in [-0.1, -0.05) is 6.07 Å². The second-order valence-electron chi connectivity index (χ2n) is 8.84. The molecule has 1 N–H and O–H groups in total. The molecule has 172 valence electrons. The Morgan fingerprint density at radius 3 is 2.53 bits per heavy atom.